The monoisotopic (exact) mass is 525 g/mol. The molecule has 0 bridgehead atoms. The highest BCUT2D eigenvalue weighted by Gasteiger charge is 2.27. The highest BCUT2D eigenvalue weighted by molar-refractivity contribution is 6.61. The molecule has 204 valence electrons. The summed E-state index contributed by atoms with van der Waals surface area (Å²) in [4.78, 5) is 27.4. The molecule has 2 aliphatic rings. The van der Waals surface area contributed by atoms with Gasteiger partial charge in [-0.1, -0.05) is 60.7 Å². The summed E-state index contributed by atoms with van der Waals surface area (Å²) < 4.78 is 32.0. The van der Waals surface area contributed by atoms with Gasteiger partial charge in [-0.2, -0.15) is 0 Å². The number of carbonyl (C=O) groups excluding carboxylic acids is 2. The van der Waals surface area contributed by atoms with E-state index in [9.17, 15) is 9.59 Å². The Labute approximate surface area is 223 Å². The molecule has 0 radical (unpaired) electrons. The van der Waals surface area contributed by atoms with Gasteiger partial charge in [0.2, 0.25) is 0 Å². The van der Waals surface area contributed by atoms with E-state index in [4.69, 9.17) is 28.4 Å². The minimum absolute atomic E-state index is 0.414. The van der Waals surface area contributed by atoms with Crippen LogP contribution in [0, 0.1) is 0 Å². The number of ether oxygens (including phenoxy) is 6. The van der Waals surface area contributed by atoms with Crippen LogP contribution in [0.2, 0.25) is 0 Å². The zero-order valence-corrected chi connectivity index (χ0v) is 21.5. The van der Waals surface area contributed by atoms with Crippen LogP contribution in [0.5, 0.6) is 0 Å². The van der Waals surface area contributed by atoms with E-state index in [0.717, 1.165) is 11.1 Å². The summed E-state index contributed by atoms with van der Waals surface area (Å²) in [7, 11) is 0. The Kier molecular flexibility index (Phi) is 14.2. The van der Waals surface area contributed by atoms with Gasteiger partial charge in [-0.05, 0) is 11.1 Å². The minimum atomic E-state index is -0.719. The molecule has 2 aromatic carbocycles. The maximum absolute atomic E-state index is 12.2. The van der Waals surface area contributed by atoms with E-state index >= 15 is 0 Å². The van der Waals surface area contributed by atoms with Gasteiger partial charge in [-0.25, -0.2) is 4.99 Å². The highest BCUT2D eigenvalue weighted by Crippen LogP contribution is 2.28. The van der Waals surface area contributed by atoms with Gasteiger partial charge in [0.05, 0.1) is 79.3 Å². The number of benzene rings is 2. The molecule has 0 N–H and O–H groups in total. The molecule has 2 aromatic rings. The maximum Gasteiger partial charge on any atom is 0.318 e. The quantitative estimate of drug-likeness (QED) is 0.552. The molecule has 0 spiro atoms. The van der Waals surface area contributed by atoms with Crippen LogP contribution in [0.15, 0.2) is 65.7 Å². The van der Waals surface area contributed by atoms with E-state index in [1.807, 2.05) is 60.7 Å². The zero-order chi connectivity index (χ0) is 26.7. The second kappa shape index (κ2) is 18.2. The standard InChI is InChI=1S/C17H11NO2.C12H24O6/c19-16-15(13-9-5-2-6-10-13)14(11-18-17(16)20)12-7-3-1-4-8-12;1-2-14-5-6-16-9-10-18-12-11-17-8-7-15-4-3-13-1/h1-11H;1-12H2. The predicted molar refractivity (Wildman–Crippen MR) is 143 cm³/mol. The fourth-order valence-corrected chi connectivity index (χ4v) is 3.52. The first-order valence-corrected chi connectivity index (χ1v) is 12.7. The SMILES string of the molecule is C1COCCOCCOCCOCCOCCO1.O=C1N=CC(c2ccccc2)=C(c2ccccc2)C1=O. The number of nitrogens with zero attached hydrogens (tertiary/aromatic N) is 1. The van der Waals surface area contributed by atoms with E-state index in [1.54, 1.807) is 0 Å². The van der Waals surface area contributed by atoms with Crippen molar-refractivity contribution in [2.24, 2.45) is 4.99 Å². The third kappa shape index (κ3) is 10.7. The molecule has 1 fully saturated rings. The first-order valence-electron chi connectivity index (χ1n) is 12.7. The number of allylic oxidation sites excluding steroid dienone is 1. The van der Waals surface area contributed by atoms with Crippen molar-refractivity contribution in [3.8, 4) is 0 Å². The van der Waals surface area contributed by atoms with Crippen molar-refractivity contribution in [1.82, 2.24) is 0 Å². The Hall–Kier alpha value is -3.05. The van der Waals surface area contributed by atoms with Gasteiger partial charge in [0.1, 0.15) is 0 Å². The number of amides is 1. The molecule has 1 amide bonds. The van der Waals surface area contributed by atoms with Crippen LogP contribution in [0.3, 0.4) is 0 Å². The number of hydrogen-bond acceptors (Lipinski definition) is 8. The summed E-state index contributed by atoms with van der Waals surface area (Å²) in [6.45, 7) is 7.04. The van der Waals surface area contributed by atoms with E-state index in [-0.39, 0.29) is 0 Å². The fraction of sp³-hybridized carbons (Fsp3) is 0.414. The summed E-state index contributed by atoms with van der Waals surface area (Å²) in [5.74, 6) is -1.28. The number of hydrogen-bond donors (Lipinski definition) is 0. The van der Waals surface area contributed by atoms with Crippen molar-refractivity contribution in [3.05, 3.63) is 71.8 Å². The lowest BCUT2D eigenvalue weighted by Gasteiger charge is -2.14. The topological polar surface area (TPSA) is 102 Å². The van der Waals surface area contributed by atoms with Gasteiger partial charge in [0.15, 0.2) is 0 Å². The number of aliphatic imine (C=N–C) groups is 1. The van der Waals surface area contributed by atoms with Gasteiger partial charge < -0.3 is 28.4 Å². The molecule has 0 aliphatic carbocycles. The molecule has 0 saturated carbocycles. The number of dihydropyridines is 1. The van der Waals surface area contributed by atoms with E-state index in [2.05, 4.69) is 4.99 Å². The second-order valence-corrected chi connectivity index (χ2v) is 8.09. The average molecular weight is 526 g/mol. The van der Waals surface area contributed by atoms with Crippen LogP contribution in [0.4, 0.5) is 0 Å². The summed E-state index contributed by atoms with van der Waals surface area (Å²) >= 11 is 0. The molecule has 1 saturated heterocycles. The van der Waals surface area contributed by atoms with E-state index in [1.165, 1.54) is 6.21 Å². The van der Waals surface area contributed by atoms with Crippen molar-refractivity contribution in [2.45, 2.75) is 0 Å². The molecule has 0 atom stereocenters. The Bertz CT molecular complexity index is 948. The number of rotatable bonds is 2. The molecular formula is C29H35NO8. The lowest BCUT2D eigenvalue weighted by molar-refractivity contribution is -0.132. The zero-order valence-electron chi connectivity index (χ0n) is 21.5. The lowest BCUT2D eigenvalue weighted by atomic mass is 9.90. The lowest BCUT2D eigenvalue weighted by Crippen LogP contribution is -2.19. The minimum Gasteiger partial charge on any atom is -0.377 e. The average Bonchev–Trinajstić information content (AvgIpc) is 2.96. The van der Waals surface area contributed by atoms with Gasteiger partial charge >= 0.3 is 5.91 Å². The third-order valence-electron chi connectivity index (χ3n) is 5.38. The number of Topliss-reactive ketones (excluding diaryl/α,β-unsaturated/α-hetero) is 1. The largest absolute Gasteiger partial charge is 0.377 e. The maximum atomic E-state index is 12.2. The fourth-order valence-electron chi connectivity index (χ4n) is 3.52. The van der Waals surface area contributed by atoms with Gasteiger partial charge in [-0.3, -0.25) is 9.59 Å². The highest BCUT2D eigenvalue weighted by atomic mass is 16.6. The molecular weight excluding hydrogens is 490 g/mol. The molecule has 2 aliphatic heterocycles. The Morgan fingerprint density at radius 3 is 1.18 bits per heavy atom. The molecule has 0 unspecified atom stereocenters. The molecule has 9 nitrogen and oxygen atoms in total. The first kappa shape index (κ1) is 29.5. The van der Waals surface area contributed by atoms with Crippen molar-refractivity contribution < 1.29 is 38.0 Å². The summed E-state index contributed by atoms with van der Waals surface area (Å²) in [6, 6.07) is 18.7. The van der Waals surface area contributed by atoms with Crippen LogP contribution in [0.25, 0.3) is 11.1 Å². The second-order valence-electron chi connectivity index (χ2n) is 8.09. The summed E-state index contributed by atoms with van der Waals surface area (Å²) in [6.07, 6.45) is 1.47. The summed E-state index contributed by atoms with van der Waals surface area (Å²) in [5.41, 5.74) is 2.70. The van der Waals surface area contributed by atoms with Crippen molar-refractivity contribution in [3.63, 3.8) is 0 Å². The summed E-state index contributed by atoms with van der Waals surface area (Å²) in [5, 5.41) is 0. The van der Waals surface area contributed by atoms with Gasteiger partial charge in [-0.15, -0.1) is 0 Å². The Morgan fingerprint density at radius 1 is 0.474 bits per heavy atom. The third-order valence-corrected chi connectivity index (χ3v) is 5.38. The van der Waals surface area contributed by atoms with Crippen LogP contribution in [0.1, 0.15) is 11.1 Å². The van der Waals surface area contributed by atoms with Crippen LogP contribution in [-0.2, 0) is 38.0 Å². The van der Waals surface area contributed by atoms with Crippen LogP contribution < -0.4 is 0 Å². The van der Waals surface area contributed by atoms with Gasteiger partial charge in [0.25, 0.3) is 5.78 Å². The van der Waals surface area contributed by atoms with Crippen LogP contribution in [-0.4, -0.2) is 97.2 Å². The van der Waals surface area contributed by atoms with E-state index < -0.39 is 11.7 Å². The Balaban J connectivity index is 0.000000212. The molecule has 38 heavy (non-hydrogen) atoms. The van der Waals surface area contributed by atoms with E-state index in [0.29, 0.717) is 90.4 Å². The van der Waals surface area contributed by atoms with Gasteiger partial charge in [0, 0.05) is 17.4 Å². The number of ketones is 1. The van der Waals surface area contributed by atoms with Crippen molar-refractivity contribution in [1.29, 1.82) is 0 Å². The van der Waals surface area contributed by atoms with Crippen molar-refractivity contribution in [2.75, 3.05) is 79.3 Å². The first-order chi connectivity index (χ1) is 18.8. The normalized spacial score (nSPS) is 19.2. The molecule has 0 aromatic heterocycles. The Morgan fingerprint density at radius 2 is 0.816 bits per heavy atom. The predicted octanol–water partition coefficient (Wildman–Crippen LogP) is 2.88. The molecule has 2 heterocycles. The van der Waals surface area contributed by atoms with Crippen molar-refractivity contribution >= 4 is 29.1 Å². The molecule has 4 rings (SSSR count). The van der Waals surface area contributed by atoms with Crippen LogP contribution >= 0.6 is 0 Å². The number of carbonyl (C=O) groups is 2. The molecule has 9 heteroatoms. The smallest absolute Gasteiger partial charge is 0.318 e.